The first kappa shape index (κ1) is 10.1. The van der Waals surface area contributed by atoms with E-state index in [0.717, 1.165) is 15.6 Å². The zero-order valence-electron chi connectivity index (χ0n) is 7.66. The van der Waals surface area contributed by atoms with Crippen LogP contribution >= 0.6 is 11.3 Å². The number of aromatic nitrogens is 1. The predicted octanol–water partition coefficient (Wildman–Crippen LogP) is 0.626. The van der Waals surface area contributed by atoms with Crippen molar-refractivity contribution in [2.24, 2.45) is 5.73 Å². The van der Waals surface area contributed by atoms with E-state index in [1.807, 2.05) is 6.92 Å². The first-order chi connectivity index (χ1) is 6.17. The summed E-state index contributed by atoms with van der Waals surface area (Å²) in [4.78, 5) is 16.1. The van der Waals surface area contributed by atoms with Crippen LogP contribution in [0.3, 0.4) is 0 Å². The molecule has 2 N–H and O–H groups in total. The summed E-state index contributed by atoms with van der Waals surface area (Å²) >= 11 is 1.47. The van der Waals surface area contributed by atoms with Crippen LogP contribution in [-0.4, -0.2) is 18.1 Å². The Morgan fingerprint density at radius 1 is 1.69 bits per heavy atom. The normalized spacial score (nSPS) is 10.1. The molecule has 0 aliphatic rings. The molecule has 0 amide bonds. The van der Waals surface area contributed by atoms with Gasteiger partial charge in [-0.25, -0.2) is 4.98 Å². The lowest BCUT2D eigenvalue weighted by molar-refractivity contribution is -0.139. The highest BCUT2D eigenvalue weighted by Crippen LogP contribution is 2.17. The van der Waals surface area contributed by atoms with E-state index in [9.17, 15) is 4.79 Å². The fourth-order valence-electron chi connectivity index (χ4n) is 0.949. The van der Waals surface area contributed by atoms with E-state index in [-0.39, 0.29) is 12.4 Å². The Hall–Kier alpha value is -0.940. The van der Waals surface area contributed by atoms with Crippen LogP contribution in [0.1, 0.15) is 15.6 Å². The molecule has 0 saturated heterocycles. The van der Waals surface area contributed by atoms with E-state index in [4.69, 9.17) is 5.73 Å². The predicted molar refractivity (Wildman–Crippen MR) is 50.5 cm³/mol. The summed E-state index contributed by atoms with van der Waals surface area (Å²) in [5.41, 5.74) is 6.39. The number of hydrogen-bond acceptors (Lipinski definition) is 5. The molecule has 4 nitrogen and oxygen atoms in total. The van der Waals surface area contributed by atoms with Crippen molar-refractivity contribution in [2.45, 2.75) is 19.9 Å². The average Bonchev–Trinajstić information content (AvgIpc) is 2.46. The fourth-order valence-corrected chi connectivity index (χ4v) is 1.88. The SMILES string of the molecule is COC(=O)Cc1nc(C)c(CN)s1. The minimum absolute atomic E-state index is 0.238. The van der Waals surface area contributed by atoms with Gasteiger partial charge in [0.2, 0.25) is 0 Å². The van der Waals surface area contributed by atoms with Crippen molar-refractivity contribution < 1.29 is 9.53 Å². The number of nitrogens with two attached hydrogens (primary N) is 1. The van der Waals surface area contributed by atoms with Crippen molar-refractivity contribution in [1.82, 2.24) is 4.98 Å². The van der Waals surface area contributed by atoms with E-state index in [1.165, 1.54) is 18.4 Å². The number of carbonyl (C=O) groups is 1. The third-order valence-corrected chi connectivity index (χ3v) is 2.83. The second-order valence-electron chi connectivity index (χ2n) is 2.57. The Bertz CT molecular complexity index is 309. The van der Waals surface area contributed by atoms with Gasteiger partial charge < -0.3 is 10.5 Å². The van der Waals surface area contributed by atoms with Gasteiger partial charge in [0.05, 0.1) is 19.2 Å². The molecule has 13 heavy (non-hydrogen) atoms. The Labute approximate surface area is 80.7 Å². The minimum atomic E-state index is -0.266. The maximum atomic E-state index is 10.9. The maximum Gasteiger partial charge on any atom is 0.312 e. The van der Waals surface area contributed by atoms with Crippen molar-refractivity contribution in [2.75, 3.05) is 7.11 Å². The van der Waals surface area contributed by atoms with Crippen molar-refractivity contribution in [3.05, 3.63) is 15.6 Å². The molecule has 0 unspecified atom stereocenters. The summed E-state index contributed by atoms with van der Waals surface area (Å²) < 4.78 is 4.53. The van der Waals surface area contributed by atoms with Gasteiger partial charge in [-0.05, 0) is 6.92 Å². The van der Waals surface area contributed by atoms with Crippen LogP contribution in [0, 0.1) is 6.92 Å². The molecule has 0 aliphatic carbocycles. The highest BCUT2D eigenvalue weighted by atomic mass is 32.1. The molecule has 0 saturated carbocycles. The van der Waals surface area contributed by atoms with Crippen molar-refractivity contribution in [3.63, 3.8) is 0 Å². The van der Waals surface area contributed by atoms with Crippen molar-refractivity contribution in [3.8, 4) is 0 Å². The van der Waals surface area contributed by atoms with Crippen LogP contribution in [0.25, 0.3) is 0 Å². The van der Waals surface area contributed by atoms with E-state index in [0.29, 0.717) is 6.54 Å². The first-order valence-corrected chi connectivity index (χ1v) is 4.71. The standard InChI is InChI=1S/C8H12N2O2S/c1-5-6(4-9)13-7(10-5)3-8(11)12-2/h3-4,9H2,1-2H3. The fraction of sp³-hybridized carbons (Fsp3) is 0.500. The topological polar surface area (TPSA) is 65.2 Å². The number of methoxy groups -OCH3 is 1. The molecular formula is C8H12N2O2S. The molecule has 1 heterocycles. The van der Waals surface area contributed by atoms with E-state index in [2.05, 4.69) is 9.72 Å². The number of carbonyl (C=O) groups excluding carboxylic acids is 1. The molecule has 1 rings (SSSR count). The van der Waals surface area contributed by atoms with Gasteiger partial charge in [0.1, 0.15) is 5.01 Å². The van der Waals surface area contributed by atoms with E-state index >= 15 is 0 Å². The van der Waals surface area contributed by atoms with Gasteiger partial charge in [-0.15, -0.1) is 11.3 Å². The highest BCUT2D eigenvalue weighted by molar-refractivity contribution is 7.11. The quantitative estimate of drug-likeness (QED) is 0.727. The number of ether oxygens (including phenoxy) is 1. The third kappa shape index (κ3) is 2.50. The molecular weight excluding hydrogens is 188 g/mol. The molecule has 72 valence electrons. The summed E-state index contributed by atoms with van der Waals surface area (Å²) in [6.45, 7) is 2.37. The lowest BCUT2D eigenvalue weighted by Crippen LogP contribution is -2.03. The van der Waals surface area contributed by atoms with Crippen LogP contribution in [0.15, 0.2) is 0 Å². The lowest BCUT2D eigenvalue weighted by atomic mass is 10.4. The third-order valence-electron chi connectivity index (χ3n) is 1.65. The zero-order valence-corrected chi connectivity index (χ0v) is 8.48. The van der Waals surface area contributed by atoms with Crippen LogP contribution < -0.4 is 5.73 Å². The van der Waals surface area contributed by atoms with Gasteiger partial charge in [0, 0.05) is 11.4 Å². The summed E-state index contributed by atoms with van der Waals surface area (Å²) in [7, 11) is 1.37. The lowest BCUT2D eigenvalue weighted by Gasteiger charge is -1.93. The number of hydrogen-bond donors (Lipinski definition) is 1. The van der Waals surface area contributed by atoms with Gasteiger partial charge in [-0.3, -0.25) is 4.79 Å². The second-order valence-corrected chi connectivity index (χ2v) is 3.74. The molecule has 0 bridgehead atoms. The van der Waals surface area contributed by atoms with E-state index in [1.54, 1.807) is 0 Å². The summed E-state index contributed by atoms with van der Waals surface area (Å²) in [6, 6.07) is 0. The van der Waals surface area contributed by atoms with Crippen molar-refractivity contribution >= 4 is 17.3 Å². The van der Waals surface area contributed by atoms with Gasteiger partial charge in [0.25, 0.3) is 0 Å². The van der Waals surface area contributed by atoms with Crippen molar-refractivity contribution in [1.29, 1.82) is 0 Å². The Morgan fingerprint density at radius 3 is 2.85 bits per heavy atom. The molecule has 0 aromatic carbocycles. The molecule has 0 fully saturated rings. The smallest absolute Gasteiger partial charge is 0.312 e. The van der Waals surface area contributed by atoms with Gasteiger partial charge in [0.15, 0.2) is 0 Å². The number of rotatable bonds is 3. The van der Waals surface area contributed by atoms with Crippen LogP contribution in [-0.2, 0) is 22.5 Å². The number of nitrogens with zero attached hydrogens (tertiary/aromatic N) is 1. The maximum absolute atomic E-state index is 10.9. The molecule has 5 heteroatoms. The van der Waals surface area contributed by atoms with Gasteiger partial charge in [-0.1, -0.05) is 0 Å². The Kier molecular flexibility index (Phi) is 3.39. The average molecular weight is 200 g/mol. The van der Waals surface area contributed by atoms with Gasteiger partial charge in [-0.2, -0.15) is 0 Å². The minimum Gasteiger partial charge on any atom is -0.469 e. The van der Waals surface area contributed by atoms with Crippen LogP contribution in [0.2, 0.25) is 0 Å². The number of aryl methyl sites for hydroxylation is 1. The van der Waals surface area contributed by atoms with Crippen LogP contribution in [0.5, 0.6) is 0 Å². The Balaban J connectivity index is 2.73. The second kappa shape index (κ2) is 4.34. The zero-order chi connectivity index (χ0) is 9.84. The summed E-state index contributed by atoms with van der Waals surface area (Å²) in [6.07, 6.45) is 0.238. The van der Waals surface area contributed by atoms with Gasteiger partial charge >= 0.3 is 5.97 Å². The largest absolute Gasteiger partial charge is 0.469 e. The monoisotopic (exact) mass is 200 g/mol. The first-order valence-electron chi connectivity index (χ1n) is 3.89. The van der Waals surface area contributed by atoms with E-state index < -0.39 is 0 Å². The van der Waals surface area contributed by atoms with Crippen LogP contribution in [0.4, 0.5) is 0 Å². The molecule has 0 aliphatic heterocycles. The highest BCUT2D eigenvalue weighted by Gasteiger charge is 2.09. The summed E-state index contributed by atoms with van der Waals surface area (Å²) in [5, 5.41) is 0.768. The Morgan fingerprint density at radius 2 is 2.38 bits per heavy atom. The molecule has 1 aromatic rings. The number of esters is 1. The summed E-state index contributed by atoms with van der Waals surface area (Å²) in [5.74, 6) is -0.266. The molecule has 0 spiro atoms. The number of thiazole rings is 1. The molecule has 0 radical (unpaired) electrons. The molecule has 1 aromatic heterocycles. The molecule has 0 atom stereocenters.